The summed E-state index contributed by atoms with van der Waals surface area (Å²) in [6.45, 7) is 4.22. The fourth-order valence-electron chi connectivity index (χ4n) is 3.10. The number of hydrogen-bond acceptors (Lipinski definition) is 2. The predicted octanol–water partition coefficient (Wildman–Crippen LogP) is 3.91. The van der Waals surface area contributed by atoms with Gasteiger partial charge in [-0.05, 0) is 48.6 Å². The third kappa shape index (κ3) is 2.08. The first kappa shape index (κ1) is 13.4. The summed E-state index contributed by atoms with van der Waals surface area (Å²) in [4.78, 5) is 12.0. The minimum absolute atomic E-state index is 0.305. The molecule has 1 amide bonds. The van der Waals surface area contributed by atoms with Crippen LogP contribution in [0.1, 0.15) is 54.0 Å². The highest BCUT2D eigenvalue weighted by Crippen LogP contribution is 2.43. The monoisotopic (exact) mass is 288 g/mol. The van der Waals surface area contributed by atoms with Crippen molar-refractivity contribution >= 4 is 17.2 Å². The second-order valence-corrected chi connectivity index (χ2v) is 6.29. The van der Waals surface area contributed by atoms with E-state index in [1.54, 1.807) is 11.3 Å². The first-order valence-corrected chi connectivity index (χ1v) is 8.15. The fourth-order valence-corrected chi connectivity index (χ4v) is 3.74. The van der Waals surface area contributed by atoms with Crippen LogP contribution in [-0.4, -0.2) is 10.5 Å². The van der Waals surface area contributed by atoms with Crippen molar-refractivity contribution in [1.82, 2.24) is 4.57 Å². The van der Waals surface area contributed by atoms with Gasteiger partial charge in [-0.2, -0.15) is 11.3 Å². The maximum atomic E-state index is 12.0. The number of rotatable bonds is 5. The molecule has 0 atom stereocenters. The third-order valence-electron chi connectivity index (χ3n) is 4.01. The highest BCUT2D eigenvalue weighted by Gasteiger charge is 2.32. The molecule has 0 aliphatic heterocycles. The van der Waals surface area contributed by atoms with E-state index < -0.39 is 0 Å². The zero-order valence-corrected chi connectivity index (χ0v) is 12.8. The summed E-state index contributed by atoms with van der Waals surface area (Å²) < 4.78 is 2.37. The third-order valence-corrected chi connectivity index (χ3v) is 4.69. The smallest absolute Gasteiger partial charge is 0.251 e. The maximum Gasteiger partial charge on any atom is 0.251 e. The molecule has 1 aliphatic carbocycles. The molecule has 0 unspecified atom stereocenters. The molecule has 20 heavy (non-hydrogen) atoms. The summed E-state index contributed by atoms with van der Waals surface area (Å²) in [7, 11) is 0. The molecule has 3 rings (SSSR count). The predicted molar refractivity (Wildman–Crippen MR) is 83.3 cm³/mol. The van der Waals surface area contributed by atoms with Gasteiger partial charge in [0.05, 0.1) is 5.56 Å². The molecule has 0 bridgehead atoms. The Morgan fingerprint density at radius 1 is 1.50 bits per heavy atom. The van der Waals surface area contributed by atoms with Gasteiger partial charge in [-0.1, -0.05) is 13.3 Å². The Balaban J connectivity index is 2.28. The lowest BCUT2D eigenvalue weighted by Crippen LogP contribution is -2.13. The highest BCUT2D eigenvalue weighted by atomic mass is 32.1. The van der Waals surface area contributed by atoms with Crippen molar-refractivity contribution in [2.45, 2.75) is 45.6 Å². The molecule has 2 N–H and O–H groups in total. The Hall–Kier alpha value is -1.55. The van der Waals surface area contributed by atoms with E-state index in [0.29, 0.717) is 6.04 Å². The van der Waals surface area contributed by atoms with Gasteiger partial charge in [-0.15, -0.1) is 0 Å². The van der Waals surface area contributed by atoms with Crippen LogP contribution in [-0.2, 0) is 6.42 Å². The normalized spacial score (nSPS) is 14.7. The largest absolute Gasteiger partial charge is 0.366 e. The van der Waals surface area contributed by atoms with Crippen molar-refractivity contribution in [3.63, 3.8) is 0 Å². The Kier molecular flexibility index (Phi) is 3.42. The number of carbonyl (C=O) groups is 1. The number of aromatic nitrogens is 1. The van der Waals surface area contributed by atoms with Crippen molar-refractivity contribution in [2.24, 2.45) is 5.73 Å². The van der Waals surface area contributed by atoms with E-state index >= 15 is 0 Å². The Labute approximate surface area is 123 Å². The lowest BCUT2D eigenvalue weighted by atomic mass is 10.0. The molecular formula is C16H20N2OS. The van der Waals surface area contributed by atoms with Crippen LogP contribution in [0.3, 0.4) is 0 Å². The Bertz CT molecular complexity index is 636. The molecule has 1 aliphatic rings. The van der Waals surface area contributed by atoms with E-state index in [4.69, 9.17) is 5.73 Å². The first-order valence-electron chi connectivity index (χ1n) is 7.21. The Morgan fingerprint density at radius 3 is 2.75 bits per heavy atom. The van der Waals surface area contributed by atoms with E-state index in [2.05, 4.69) is 28.3 Å². The van der Waals surface area contributed by atoms with Crippen molar-refractivity contribution in [3.8, 4) is 11.1 Å². The molecule has 1 fully saturated rings. The SMILES string of the molecule is CCCc1c(-c2ccsc2)c(C(N)=O)c(C)n1C1CC1. The molecular weight excluding hydrogens is 268 g/mol. The molecule has 0 saturated heterocycles. The van der Waals surface area contributed by atoms with Gasteiger partial charge in [0.1, 0.15) is 0 Å². The molecule has 106 valence electrons. The number of nitrogens with zero attached hydrogens (tertiary/aromatic N) is 1. The Morgan fingerprint density at radius 2 is 2.25 bits per heavy atom. The zero-order chi connectivity index (χ0) is 14.3. The van der Waals surface area contributed by atoms with Gasteiger partial charge in [-0.3, -0.25) is 4.79 Å². The van der Waals surface area contributed by atoms with Crippen molar-refractivity contribution in [1.29, 1.82) is 0 Å². The van der Waals surface area contributed by atoms with Crippen LogP contribution >= 0.6 is 11.3 Å². The second kappa shape index (κ2) is 5.09. The van der Waals surface area contributed by atoms with Crippen molar-refractivity contribution < 1.29 is 4.79 Å². The standard InChI is InChI=1S/C16H20N2OS/c1-3-4-13-15(11-7-8-20-9-11)14(16(17)19)10(2)18(13)12-5-6-12/h7-9,12H,3-6H2,1-2H3,(H2,17,19). The summed E-state index contributed by atoms with van der Waals surface area (Å²) >= 11 is 1.66. The van der Waals surface area contributed by atoms with E-state index in [1.165, 1.54) is 18.5 Å². The van der Waals surface area contributed by atoms with Crippen LogP contribution in [0.4, 0.5) is 0 Å². The average Bonchev–Trinajstić information content (AvgIpc) is 3.00. The number of primary amides is 1. The molecule has 1 saturated carbocycles. The summed E-state index contributed by atoms with van der Waals surface area (Å²) in [6.07, 6.45) is 4.50. The van der Waals surface area contributed by atoms with Gasteiger partial charge in [-0.25, -0.2) is 0 Å². The van der Waals surface area contributed by atoms with Gasteiger partial charge in [0.25, 0.3) is 5.91 Å². The van der Waals surface area contributed by atoms with Crippen LogP contribution in [0.25, 0.3) is 11.1 Å². The minimum Gasteiger partial charge on any atom is -0.366 e. The number of hydrogen-bond donors (Lipinski definition) is 1. The number of nitrogens with two attached hydrogens (primary N) is 1. The topological polar surface area (TPSA) is 48.0 Å². The number of thiophene rings is 1. The van der Waals surface area contributed by atoms with Gasteiger partial charge in [0.2, 0.25) is 0 Å². The maximum absolute atomic E-state index is 12.0. The fraction of sp³-hybridized carbons (Fsp3) is 0.438. The lowest BCUT2D eigenvalue weighted by Gasteiger charge is -2.11. The lowest BCUT2D eigenvalue weighted by molar-refractivity contribution is 0.1000. The molecule has 2 aromatic rings. The zero-order valence-electron chi connectivity index (χ0n) is 12.0. The van der Waals surface area contributed by atoms with Crippen LogP contribution in [0.15, 0.2) is 16.8 Å². The van der Waals surface area contributed by atoms with Crippen LogP contribution in [0.5, 0.6) is 0 Å². The second-order valence-electron chi connectivity index (χ2n) is 5.51. The van der Waals surface area contributed by atoms with E-state index in [0.717, 1.165) is 35.2 Å². The first-order chi connectivity index (χ1) is 9.65. The van der Waals surface area contributed by atoms with Crippen LogP contribution in [0.2, 0.25) is 0 Å². The molecule has 3 nitrogen and oxygen atoms in total. The van der Waals surface area contributed by atoms with Gasteiger partial charge in [0.15, 0.2) is 0 Å². The molecule has 2 aromatic heterocycles. The van der Waals surface area contributed by atoms with Crippen LogP contribution < -0.4 is 5.73 Å². The van der Waals surface area contributed by atoms with Crippen LogP contribution in [0, 0.1) is 6.92 Å². The van der Waals surface area contributed by atoms with E-state index in [-0.39, 0.29) is 5.91 Å². The van der Waals surface area contributed by atoms with E-state index in [1.807, 2.05) is 6.92 Å². The highest BCUT2D eigenvalue weighted by molar-refractivity contribution is 7.08. The average molecular weight is 288 g/mol. The van der Waals surface area contributed by atoms with Crippen molar-refractivity contribution in [2.75, 3.05) is 0 Å². The molecule has 2 heterocycles. The summed E-state index contributed by atoms with van der Waals surface area (Å²) in [5.41, 5.74) is 10.9. The van der Waals surface area contributed by atoms with E-state index in [9.17, 15) is 4.79 Å². The van der Waals surface area contributed by atoms with Gasteiger partial charge >= 0.3 is 0 Å². The van der Waals surface area contributed by atoms with Crippen molar-refractivity contribution in [3.05, 3.63) is 33.8 Å². The van der Waals surface area contributed by atoms with Gasteiger partial charge in [0, 0.05) is 23.0 Å². The minimum atomic E-state index is -0.305. The molecule has 4 heteroatoms. The number of amides is 1. The van der Waals surface area contributed by atoms with Gasteiger partial charge < -0.3 is 10.3 Å². The number of carbonyl (C=O) groups excluding carboxylic acids is 1. The molecule has 0 aromatic carbocycles. The molecule has 0 radical (unpaired) electrons. The molecule has 0 spiro atoms. The quantitative estimate of drug-likeness (QED) is 0.891. The summed E-state index contributed by atoms with van der Waals surface area (Å²) in [5.74, 6) is -0.305. The summed E-state index contributed by atoms with van der Waals surface area (Å²) in [5, 5.41) is 4.16. The summed E-state index contributed by atoms with van der Waals surface area (Å²) in [6, 6.07) is 2.66.